The summed E-state index contributed by atoms with van der Waals surface area (Å²) in [5.74, 6) is -0.269. The summed E-state index contributed by atoms with van der Waals surface area (Å²) >= 11 is 12.7. The van der Waals surface area contributed by atoms with Gasteiger partial charge in [-0.15, -0.1) is 0 Å². The maximum absolute atomic E-state index is 12.5. The fourth-order valence-electron chi connectivity index (χ4n) is 2.83. The van der Waals surface area contributed by atoms with E-state index in [0.29, 0.717) is 21.8 Å². The van der Waals surface area contributed by atoms with Crippen molar-refractivity contribution in [2.45, 2.75) is 4.87 Å². The van der Waals surface area contributed by atoms with Gasteiger partial charge in [-0.2, -0.15) is 0 Å². The summed E-state index contributed by atoms with van der Waals surface area (Å²) in [6.45, 7) is 0. The van der Waals surface area contributed by atoms with E-state index in [9.17, 15) is 4.79 Å². The zero-order valence-corrected chi connectivity index (χ0v) is 12.8. The van der Waals surface area contributed by atoms with E-state index < -0.39 is 4.87 Å². The largest absolute Gasteiger partial charge is 0.324 e. The fourth-order valence-corrected chi connectivity index (χ4v) is 3.33. The number of aromatic nitrogens is 1. The third-order valence-electron chi connectivity index (χ3n) is 3.91. The van der Waals surface area contributed by atoms with Crippen LogP contribution in [0.15, 0.2) is 54.7 Å². The molecule has 1 N–H and O–H groups in total. The van der Waals surface area contributed by atoms with E-state index in [-0.39, 0.29) is 5.91 Å². The number of anilines is 1. The minimum atomic E-state index is -1.25. The van der Waals surface area contributed by atoms with Gasteiger partial charge in [-0.05, 0) is 35.9 Å². The predicted molar refractivity (Wildman–Crippen MR) is 88.5 cm³/mol. The fraction of sp³-hybridized carbons (Fsp3) is 0.0588. The number of carbonyl (C=O) groups excluding carboxylic acids is 1. The molecule has 3 aromatic rings. The molecular formula is C17H10Cl2N2O. The second-order valence-corrected chi connectivity index (χ2v) is 6.22. The highest BCUT2D eigenvalue weighted by atomic mass is 35.5. The number of fused-ring (bicyclic) bond motifs is 2. The van der Waals surface area contributed by atoms with Crippen LogP contribution in [-0.4, -0.2) is 10.9 Å². The molecule has 0 saturated heterocycles. The smallest absolute Gasteiger partial charge is 0.254 e. The quantitative estimate of drug-likeness (QED) is 0.676. The van der Waals surface area contributed by atoms with Gasteiger partial charge < -0.3 is 5.32 Å². The standard InChI is InChI=1S/C17H10Cl2N2O/c18-12-4-5-13-15(9-12)21-16(22)17(13,19)11-3-6-14-10(8-11)2-1-7-20-14/h1-9H,(H,21,22). The Balaban J connectivity index is 1.95. The molecule has 1 aromatic heterocycles. The van der Waals surface area contributed by atoms with Crippen LogP contribution in [0.25, 0.3) is 10.9 Å². The van der Waals surface area contributed by atoms with Crippen LogP contribution >= 0.6 is 23.2 Å². The number of nitrogens with zero attached hydrogens (tertiary/aromatic N) is 1. The van der Waals surface area contributed by atoms with Crippen molar-refractivity contribution in [1.29, 1.82) is 0 Å². The summed E-state index contributed by atoms with van der Waals surface area (Å²) in [5, 5.41) is 4.30. The first-order chi connectivity index (χ1) is 10.6. The second kappa shape index (κ2) is 4.70. The highest BCUT2D eigenvalue weighted by molar-refractivity contribution is 6.41. The molecule has 1 amide bonds. The van der Waals surface area contributed by atoms with Gasteiger partial charge in [0.15, 0.2) is 4.87 Å². The monoisotopic (exact) mass is 328 g/mol. The van der Waals surface area contributed by atoms with Crippen molar-refractivity contribution in [2.75, 3.05) is 5.32 Å². The molecule has 2 heterocycles. The Labute approximate surface area is 136 Å². The number of nitrogens with one attached hydrogen (secondary N) is 1. The molecule has 0 radical (unpaired) electrons. The number of hydrogen-bond acceptors (Lipinski definition) is 2. The molecule has 0 spiro atoms. The summed E-state index contributed by atoms with van der Waals surface area (Å²) in [6.07, 6.45) is 1.73. The summed E-state index contributed by atoms with van der Waals surface area (Å²) in [5.41, 5.74) is 2.94. The predicted octanol–water partition coefficient (Wildman–Crippen LogP) is 4.32. The lowest BCUT2D eigenvalue weighted by atomic mass is 9.90. The third-order valence-corrected chi connectivity index (χ3v) is 4.74. The minimum absolute atomic E-state index is 0.269. The number of benzene rings is 2. The van der Waals surface area contributed by atoms with Gasteiger partial charge in [0.2, 0.25) is 0 Å². The van der Waals surface area contributed by atoms with E-state index >= 15 is 0 Å². The van der Waals surface area contributed by atoms with E-state index in [2.05, 4.69) is 10.3 Å². The van der Waals surface area contributed by atoms with Gasteiger partial charge in [-0.25, -0.2) is 0 Å². The zero-order chi connectivity index (χ0) is 15.3. The van der Waals surface area contributed by atoms with E-state index in [4.69, 9.17) is 23.2 Å². The van der Waals surface area contributed by atoms with Crippen LogP contribution in [0.2, 0.25) is 5.02 Å². The van der Waals surface area contributed by atoms with Gasteiger partial charge in [-0.3, -0.25) is 9.78 Å². The van der Waals surface area contributed by atoms with Crippen molar-refractivity contribution in [3.63, 3.8) is 0 Å². The van der Waals surface area contributed by atoms with E-state index in [1.165, 1.54) is 0 Å². The van der Waals surface area contributed by atoms with Gasteiger partial charge in [0.1, 0.15) is 0 Å². The van der Waals surface area contributed by atoms with Gasteiger partial charge in [0.25, 0.3) is 5.91 Å². The Morgan fingerprint density at radius 3 is 2.82 bits per heavy atom. The van der Waals surface area contributed by atoms with E-state index in [1.807, 2.05) is 30.3 Å². The summed E-state index contributed by atoms with van der Waals surface area (Å²) in [4.78, 5) is 15.5. The summed E-state index contributed by atoms with van der Waals surface area (Å²) < 4.78 is 0. The maximum Gasteiger partial charge on any atom is 0.254 e. The lowest BCUT2D eigenvalue weighted by Crippen LogP contribution is -2.29. The molecule has 0 saturated carbocycles. The number of carbonyl (C=O) groups is 1. The van der Waals surface area contributed by atoms with Crippen molar-refractivity contribution < 1.29 is 4.79 Å². The van der Waals surface area contributed by atoms with Crippen LogP contribution in [0.5, 0.6) is 0 Å². The molecule has 0 fully saturated rings. The zero-order valence-electron chi connectivity index (χ0n) is 11.3. The number of amides is 1. The minimum Gasteiger partial charge on any atom is -0.324 e. The van der Waals surface area contributed by atoms with Gasteiger partial charge in [-0.1, -0.05) is 41.4 Å². The number of hydrogen-bond donors (Lipinski definition) is 1. The number of rotatable bonds is 1. The highest BCUT2D eigenvalue weighted by Crippen LogP contribution is 2.47. The van der Waals surface area contributed by atoms with Crippen LogP contribution in [0.3, 0.4) is 0 Å². The van der Waals surface area contributed by atoms with Crippen molar-refractivity contribution in [3.05, 3.63) is 70.9 Å². The molecule has 1 unspecified atom stereocenters. The van der Waals surface area contributed by atoms with Crippen LogP contribution in [0.4, 0.5) is 5.69 Å². The summed E-state index contributed by atoms with van der Waals surface area (Å²) in [6, 6.07) is 14.6. The Kier molecular flexibility index (Phi) is 2.90. The molecule has 22 heavy (non-hydrogen) atoms. The van der Waals surface area contributed by atoms with Crippen LogP contribution in [-0.2, 0) is 9.67 Å². The molecule has 0 bridgehead atoms. The van der Waals surface area contributed by atoms with E-state index in [0.717, 1.165) is 10.9 Å². The first-order valence-electron chi connectivity index (χ1n) is 6.75. The molecule has 0 aliphatic carbocycles. The summed E-state index contributed by atoms with van der Waals surface area (Å²) in [7, 11) is 0. The molecular weight excluding hydrogens is 319 g/mol. The lowest BCUT2D eigenvalue weighted by Gasteiger charge is -2.20. The van der Waals surface area contributed by atoms with Crippen LogP contribution < -0.4 is 5.32 Å². The first-order valence-corrected chi connectivity index (χ1v) is 7.50. The molecule has 1 aliphatic rings. The third kappa shape index (κ3) is 1.83. The topological polar surface area (TPSA) is 42.0 Å². The average molecular weight is 329 g/mol. The Morgan fingerprint density at radius 1 is 1.09 bits per heavy atom. The number of halogens is 2. The van der Waals surface area contributed by atoms with E-state index in [1.54, 1.807) is 24.4 Å². The normalized spacial score (nSPS) is 20.0. The van der Waals surface area contributed by atoms with Crippen LogP contribution in [0.1, 0.15) is 11.1 Å². The maximum atomic E-state index is 12.5. The number of alkyl halides is 1. The van der Waals surface area contributed by atoms with Crippen molar-refractivity contribution >= 4 is 45.7 Å². The SMILES string of the molecule is O=C1Nc2cc(Cl)ccc2C1(Cl)c1ccc2ncccc2c1. The first kappa shape index (κ1) is 13.6. The Bertz CT molecular complexity index is 925. The highest BCUT2D eigenvalue weighted by Gasteiger charge is 2.47. The molecule has 1 atom stereocenters. The number of pyridine rings is 1. The molecule has 2 aromatic carbocycles. The molecule has 108 valence electrons. The molecule has 3 nitrogen and oxygen atoms in total. The average Bonchev–Trinajstić information content (AvgIpc) is 2.78. The van der Waals surface area contributed by atoms with Crippen molar-refractivity contribution in [2.24, 2.45) is 0 Å². The molecule has 1 aliphatic heterocycles. The van der Waals surface area contributed by atoms with Gasteiger partial charge >= 0.3 is 0 Å². The molecule has 4 rings (SSSR count). The van der Waals surface area contributed by atoms with Crippen molar-refractivity contribution in [1.82, 2.24) is 4.98 Å². The van der Waals surface area contributed by atoms with Crippen LogP contribution in [0, 0.1) is 0 Å². The Morgan fingerprint density at radius 2 is 1.95 bits per heavy atom. The van der Waals surface area contributed by atoms with Gasteiger partial charge in [0, 0.05) is 27.9 Å². The second-order valence-electron chi connectivity index (χ2n) is 5.21. The molecule has 5 heteroatoms. The van der Waals surface area contributed by atoms with Gasteiger partial charge in [0.05, 0.1) is 5.52 Å². The lowest BCUT2D eigenvalue weighted by molar-refractivity contribution is -0.117. The van der Waals surface area contributed by atoms with Crippen molar-refractivity contribution in [3.8, 4) is 0 Å². The Hall–Kier alpha value is -2.10.